The summed E-state index contributed by atoms with van der Waals surface area (Å²) >= 11 is 0. The number of carbonyl (C=O) groups excluding carboxylic acids is 1. The molecule has 0 aromatic heterocycles. The van der Waals surface area contributed by atoms with Crippen LogP contribution in [0, 0.1) is 6.92 Å². The van der Waals surface area contributed by atoms with Gasteiger partial charge in [-0.15, -0.1) is 0 Å². The summed E-state index contributed by atoms with van der Waals surface area (Å²) in [6, 6.07) is 7.93. The van der Waals surface area contributed by atoms with Gasteiger partial charge in [0.1, 0.15) is 6.61 Å². The maximum Gasteiger partial charge on any atom is 0.252 e. The van der Waals surface area contributed by atoms with Crippen LogP contribution in [0.25, 0.3) is 0 Å². The van der Waals surface area contributed by atoms with Crippen molar-refractivity contribution in [1.82, 2.24) is 0 Å². The lowest BCUT2D eigenvalue weighted by atomic mass is 10.2. The van der Waals surface area contributed by atoms with Crippen LogP contribution in [0.3, 0.4) is 0 Å². The molecule has 2 N–H and O–H groups in total. The maximum atomic E-state index is 12.2. The Bertz CT molecular complexity index is 393. The molecule has 0 aliphatic rings. The summed E-state index contributed by atoms with van der Waals surface area (Å²) in [7, 11) is 0. The highest BCUT2D eigenvalue weighted by Gasteiger charge is 2.15. The molecule has 0 fully saturated rings. The van der Waals surface area contributed by atoms with Gasteiger partial charge in [-0.2, -0.15) is 0 Å². The lowest BCUT2D eigenvalue weighted by molar-refractivity contribution is -0.123. The molecule has 0 spiro atoms. The Balaban J connectivity index is 2.73. The van der Waals surface area contributed by atoms with E-state index in [9.17, 15) is 4.79 Å². The Morgan fingerprint density at radius 1 is 1.42 bits per heavy atom. The van der Waals surface area contributed by atoms with Crippen LogP contribution in [0.5, 0.6) is 0 Å². The molecule has 4 nitrogen and oxygen atoms in total. The zero-order chi connectivity index (χ0) is 14.1. The molecule has 106 valence electrons. The number of ether oxygens (including phenoxy) is 1. The first-order valence-electron chi connectivity index (χ1n) is 6.84. The zero-order valence-corrected chi connectivity index (χ0v) is 11.9. The van der Waals surface area contributed by atoms with Crippen LogP contribution < -0.4 is 10.6 Å². The predicted molar refractivity (Wildman–Crippen MR) is 78.3 cm³/mol. The fraction of sp³-hybridized carbons (Fsp3) is 0.533. The quantitative estimate of drug-likeness (QED) is 0.732. The number of benzene rings is 1. The second-order valence-electron chi connectivity index (χ2n) is 4.58. The summed E-state index contributed by atoms with van der Waals surface area (Å²) in [5.41, 5.74) is 7.59. The van der Waals surface area contributed by atoms with Gasteiger partial charge < -0.3 is 15.4 Å². The molecule has 0 aliphatic heterocycles. The van der Waals surface area contributed by atoms with E-state index in [2.05, 4.69) is 0 Å². The SMILES string of the molecule is CCCOCC(=O)N(CCCN)c1cccc(C)c1. The van der Waals surface area contributed by atoms with Gasteiger partial charge in [0.2, 0.25) is 0 Å². The lowest BCUT2D eigenvalue weighted by Crippen LogP contribution is -2.35. The first kappa shape index (κ1) is 15.7. The van der Waals surface area contributed by atoms with E-state index in [0.29, 0.717) is 19.7 Å². The van der Waals surface area contributed by atoms with E-state index in [4.69, 9.17) is 10.5 Å². The number of carbonyl (C=O) groups is 1. The third-order valence-corrected chi connectivity index (χ3v) is 2.77. The number of rotatable bonds is 8. The van der Waals surface area contributed by atoms with Crippen molar-refractivity contribution in [1.29, 1.82) is 0 Å². The van der Waals surface area contributed by atoms with Crippen molar-refractivity contribution >= 4 is 11.6 Å². The lowest BCUT2D eigenvalue weighted by Gasteiger charge is -2.23. The molecule has 1 rings (SSSR count). The summed E-state index contributed by atoms with van der Waals surface area (Å²) in [4.78, 5) is 14.0. The molecular weight excluding hydrogens is 240 g/mol. The average molecular weight is 264 g/mol. The summed E-state index contributed by atoms with van der Waals surface area (Å²) in [5, 5.41) is 0. The van der Waals surface area contributed by atoms with Gasteiger partial charge in [0.15, 0.2) is 0 Å². The molecule has 0 atom stereocenters. The number of amides is 1. The van der Waals surface area contributed by atoms with Crippen LogP contribution >= 0.6 is 0 Å². The van der Waals surface area contributed by atoms with Crippen molar-refractivity contribution in [3.63, 3.8) is 0 Å². The normalized spacial score (nSPS) is 10.5. The van der Waals surface area contributed by atoms with Crippen molar-refractivity contribution in [3.05, 3.63) is 29.8 Å². The highest BCUT2D eigenvalue weighted by atomic mass is 16.5. The summed E-state index contributed by atoms with van der Waals surface area (Å²) < 4.78 is 5.33. The minimum atomic E-state index is -0.00694. The molecule has 1 aromatic carbocycles. The first-order valence-corrected chi connectivity index (χ1v) is 6.84. The van der Waals surface area contributed by atoms with Crippen molar-refractivity contribution in [3.8, 4) is 0 Å². The van der Waals surface area contributed by atoms with E-state index >= 15 is 0 Å². The average Bonchev–Trinajstić information content (AvgIpc) is 2.39. The number of hydrogen-bond acceptors (Lipinski definition) is 3. The molecule has 1 amide bonds. The highest BCUT2D eigenvalue weighted by Crippen LogP contribution is 2.16. The van der Waals surface area contributed by atoms with Crippen LogP contribution in [0.4, 0.5) is 5.69 Å². The molecule has 0 aliphatic carbocycles. The zero-order valence-electron chi connectivity index (χ0n) is 11.9. The molecule has 0 saturated carbocycles. The number of hydrogen-bond donors (Lipinski definition) is 1. The van der Waals surface area contributed by atoms with E-state index in [1.807, 2.05) is 38.1 Å². The van der Waals surface area contributed by atoms with Crippen molar-refractivity contribution in [2.45, 2.75) is 26.7 Å². The van der Waals surface area contributed by atoms with Crippen molar-refractivity contribution in [2.24, 2.45) is 5.73 Å². The first-order chi connectivity index (χ1) is 9.19. The van der Waals surface area contributed by atoms with Gasteiger partial charge in [-0.3, -0.25) is 4.79 Å². The third kappa shape index (κ3) is 5.41. The molecule has 0 saturated heterocycles. The third-order valence-electron chi connectivity index (χ3n) is 2.77. The fourth-order valence-corrected chi connectivity index (χ4v) is 1.82. The van der Waals surface area contributed by atoms with Crippen LogP contribution in [-0.4, -0.2) is 32.2 Å². The predicted octanol–water partition coefficient (Wildman–Crippen LogP) is 2.10. The molecule has 0 bridgehead atoms. The summed E-state index contributed by atoms with van der Waals surface area (Å²) in [6.07, 6.45) is 1.70. The van der Waals surface area contributed by atoms with Crippen LogP contribution in [0.15, 0.2) is 24.3 Å². The Labute approximate surface area is 115 Å². The Morgan fingerprint density at radius 2 is 2.21 bits per heavy atom. The van der Waals surface area contributed by atoms with Crippen LogP contribution in [0.1, 0.15) is 25.3 Å². The summed E-state index contributed by atoms with van der Waals surface area (Å²) in [5.74, 6) is -0.00694. The van der Waals surface area contributed by atoms with E-state index in [0.717, 1.165) is 24.1 Å². The topological polar surface area (TPSA) is 55.6 Å². The van der Waals surface area contributed by atoms with Gasteiger partial charge in [0.05, 0.1) is 0 Å². The minimum absolute atomic E-state index is 0.00694. The molecule has 4 heteroatoms. The van der Waals surface area contributed by atoms with E-state index in [1.54, 1.807) is 4.90 Å². The second-order valence-corrected chi connectivity index (χ2v) is 4.58. The largest absolute Gasteiger partial charge is 0.372 e. The highest BCUT2D eigenvalue weighted by molar-refractivity contribution is 5.94. The number of nitrogens with two attached hydrogens (primary N) is 1. The van der Waals surface area contributed by atoms with Crippen molar-refractivity contribution in [2.75, 3.05) is 31.2 Å². The maximum absolute atomic E-state index is 12.2. The molecular formula is C15H24N2O2. The van der Waals surface area contributed by atoms with Gasteiger partial charge in [-0.25, -0.2) is 0 Å². The van der Waals surface area contributed by atoms with Gasteiger partial charge in [-0.1, -0.05) is 19.1 Å². The van der Waals surface area contributed by atoms with Gasteiger partial charge in [0, 0.05) is 18.8 Å². The minimum Gasteiger partial charge on any atom is -0.372 e. The van der Waals surface area contributed by atoms with E-state index in [-0.39, 0.29) is 12.5 Å². The number of aryl methyl sites for hydroxylation is 1. The van der Waals surface area contributed by atoms with Gasteiger partial charge >= 0.3 is 0 Å². The van der Waals surface area contributed by atoms with Gasteiger partial charge in [0.25, 0.3) is 5.91 Å². The molecule has 0 unspecified atom stereocenters. The van der Waals surface area contributed by atoms with Crippen molar-refractivity contribution < 1.29 is 9.53 Å². The Kier molecular flexibility index (Phi) is 7.15. The van der Waals surface area contributed by atoms with E-state index < -0.39 is 0 Å². The van der Waals surface area contributed by atoms with Gasteiger partial charge in [-0.05, 0) is 44.0 Å². The molecule has 0 radical (unpaired) electrons. The fourth-order valence-electron chi connectivity index (χ4n) is 1.82. The Hall–Kier alpha value is -1.39. The standard InChI is InChI=1S/C15H24N2O2/c1-3-10-19-12-15(18)17(9-5-8-16)14-7-4-6-13(2)11-14/h4,6-7,11H,3,5,8-10,12,16H2,1-2H3. The van der Waals surface area contributed by atoms with Crippen LogP contribution in [0.2, 0.25) is 0 Å². The smallest absolute Gasteiger partial charge is 0.252 e. The molecule has 19 heavy (non-hydrogen) atoms. The Morgan fingerprint density at radius 3 is 2.84 bits per heavy atom. The summed E-state index contributed by atoms with van der Waals surface area (Å²) in [6.45, 7) is 6.00. The van der Waals surface area contributed by atoms with E-state index in [1.165, 1.54) is 0 Å². The second kappa shape index (κ2) is 8.67. The number of nitrogens with zero attached hydrogens (tertiary/aromatic N) is 1. The van der Waals surface area contributed by atoms with Crippen LogP contribution in [-0.2, 0) is 9.53 Å². The molecule has 1 aromatic rings. The monoisotopic (exact) mass is 264 g/mol. The molecule has 0 heterocycles. The number of anilines is 1.